The van der Waals surface area contributed by atoms with Gasteiger partial charge >= 0.3 is 11.9 Å². The largest absolute Gasteiger partial charge is 0.481 e. The third-order valence-corrected chi connectivity index (χ3v) is 6.40. The van der Waals surface area contributed by atoms with Gasteiger partial charge in [-0.1, -0.05) is 45.9 Å². The first-order valence-corrected chi connectivity index (χ1v) is 13.4. The molecular formula is C28H41N5O7. The van der Waals surface area contributed by atoms with Crippen molar-refractivity contribution >= 4 is 40.6 Å². The molecule has 0 aliphatic heterocycles. The van der Waals surface area contributed by atoms with Gasteiger partial charge in [0.2, 0.25) is 17.7 Å². The first-order chi connectivity index (χ1) is 18.8. The minimum absolute atomic E-state index is 0.0145. The van der Waals surface area contributed by atoms with E-state index in [1.165, 1.54) is 0 Å². The Hall–Kier alpha value is -3.93. The van der Waals surface area contributed by atoms with E-state index in [0.717, 1.165) is 16.5 Å². The highest BCUT2D eigenvalue weighted by Crippen LogP contribution is 2.19. The Bertz CT molecular complexity index is 1190. The summed E-state index contributed by atoms with van der Waals surface area (Å²) >= 11 is 0. The van der Waals surface area contributed by atoms with Crippen molar-refractivity contribution in [1.82, 2.24) is 20.9 Å². The van der Waals surface area contributed by atoms with Crippen molar-refractivity contribution in [2.24, 2.45) is 17.6 Å². The number of carbonyl (C=O) groups is 5. The quantitative estimate of drug-likeness (QED) is 0.160. The fraction of sp³-hybridized carbons (Fsp3) is 0.536. The molecule has 12 nitrogen and oxygen atoms in total. The number of para-hydroxylation sites is 1. The molecule has 0 bridgehead atoms. The zero-order valence-electron chi connectivity index (χ0n) is 23.4. The molecular weight excluding hydrogens is 518 g/mol. The molecule has 0 aliphatic carbocycles. The van der Waals surface area contributed by atoms with E-state index >= 15 is 0 Å². The molecule has 12 heteroatoms. The third-order valence-electron chi connectivity index (χ3n) is 6.40. The lowest BCUT2D eigenvalue weighted by Gasteiger charge is -2.26. The molecule has 0 aliphatic rings. The number of aromatic amines is 1. The summed E-state index contributed by atoms with van der Waals surface area (Å²) < 4.78 is 0. The van der Waals surface area contributed by atoms with Crippen LogP contribution in [0.25, 0.3) is 10.9 Å². The molecule has 2 rings (SSSR count). The van der Waals surface area contributed by atoms with E-state index in [-0.39, 0.29) is 43.9 Å². The third kappa shape index (κ3) is 9.99. The van der Waals surface area contributed by atoms with Crippen molar-refractivity contribution < 1.29 is 34.2 Å². The van der Waals surface area contributed by atoms with Gasteiger partial charge in [0, 0.05) is 29.9 Å². The number of hydrogen-bond acceptors (Lipinski definition) is 6. The molecule has 40 heavy (non-hydrogen) atoms. The van der Waals surface area contributed by atoms with Gasteiger partial charge < -0.3 is 36.9 Å². The maximum atomic E-state index is 13.6. The van der Waals surface area contributed by atoms with Crippen LogP contribution in [0.1, 0.15) is 58.9 Å². The van der Waals surface area contributed by atoms with Gasteiger partial charge in [-0.05, 0) is 42.7 Å². The van der Waals surface area contributed by atoms with Crippen LogP contribution in [-0.2, 0) is 30.4 Å². The molecule has 0 saturated heterocycles. The maximum Gasteiger partial charge on any atom is 0.326 e. The molecule has 1 aromatic heterocycles. The molecule has 2 aromatic rings. The molecule has 3 amide bonds. The van der Waals surface area contributed by atoms with Gasteiger partial charge in [0.05, 0.1) is 6.04 Å². The number of H-pyrrole nitrogens is 1. The summed E-state index contributed by atoms with van der Waals surface area (Å²) in [4.78, 5) is 65.3. The lowest BCUT2D eigenvalue weighted by Crippen LogP contribution is -2.58. The SMILES string of the molecule is CC(C)CC(NC(=O)C(CC(C)C)NC(=O)C(Cc1c[nH]c2ccccc12)NC(=O)C(N)CCC(=O)O)C(=O)O. The average molecular weight is 560 g/mol. The second-order valence-corrected chi connectivity index (χ2v) is 10.9. The smallest absolute Gasteiger partial charge is 0.326 e. The van der Waals surface area contributed by atoms with Crippen molar-refractivity contribution in [2.45, 2.75) is 84.0 Å². The van der Waals surface area contributed by atoms with E-state index < -0.39 is 53.8 Å². The van der Waals surface area contributed by atoms with E-state index in [4.69, 9.17) is 10.8 Å². The van der Waals surface area contributed by atoms with Gasteiger partial charge in [0.25, 0.3) is 0 Å². The number of carboxylic acids is 2. The molecule has 1 aromatic carbocycles. The Balaban J connectivity index is 2.29. The van der Waals surface area contributed by atoms with Crippen LogP contribution < -0.4 is 21.7 Å². The number of hydrogen-bond donors (Lipinski definition) is 7. The summed E-state index contributed by atoms with van der Waals surface area (Å²) in [5.41, 5.74) is 7.46. The number of carboxylic acid groups (broad SMARTS) is 2. The monoisotopic (exact) mass is 559 g/mol. The van der Waals surface area contributed by atoms with Gasteiger partial charge in [-0.25, -0.2) is 4.79 Å². The number of rotatable bonds is 16. The van der Waals surface area contributed by atoms with Crippen LogP contribution in [0, 0.1) is 11.8 Å². The molecule has 8 N–H and O–H groups in total. The van der Waals surface area contributed by atoms with Gasteiger partial charge in [-0.15, -0.1) is 0 Å². The van der Waals surface area contributed by atoms with Crippen molar-refractivity contribution in [3.05, 3.63) is 36.0 Å². The molecule has 1 heterocycles. The van der Waals surface area contributed by atoms with E-state index in [1.807, 2.05) is 52.0 Å². The van der Waals surface area contributed by atoms with Crippen LogP contribution in [0.4, 0.5) is 0 Å². The van der Waals surface area contributed by atoms with Gasteiger partial charge in [0.15, 0.2) is 0 Å². The maximum absolute atomic E-state index is 13.6. The fourth-order valence-corrected chi connectivity index (χ4v) is 4.36. The number of benzene rings is 1. The summed E-state index contributed by atoms with van der Waals surface area (Å²) in [6, 6.07) is 2.97. The molecule has 4 atom stereocenters. The normalized spacial score (nSPS) is 14.4. The number of aromatic nitrogens is 1. The minimum Gasteiger partial charge on any atom is -0.481 e. The Labute approximate surface area is 233 Å². The fourth-order valence-electron chi connectivity index (χ4n) is 4.36. The molecule has 0 saturated carbocycles. The van der Waals surface area contributed by atoms with Crippen LogP contribution in [-0.4, -0.2) is 69.0 Å². The predicted octanol–water partition coefficient (Wildman–Crippen LogP) is 1.53. The van der Waals surface area contributed by atoms with Crippen LogP contribution in [0.2, 0.25) is 0 Å². The van der Waals surface area contributed by atoms with E-state index in [1.54, 1.807) is 6.20 Å². The number of fused-ring (bicyclic) bond motifs is 1. The number of carbonyl (C=O) groups excluding carboxylic acids is 3. The second-order valence-electron chi connectivity index (χ2n) is 10.9. The van der Waals surface area contributed by atoms with E-state index in [0.29, 0.717) is 0 Å². The zero-order chi connectivity index (χ0) is 30.0. The summed E-state index contributed by atoms with van der Waals surface area (Å²) in [7, 11) is 0. The van der Waals surface area contributed by atoms with Crippen LogP contribution in [0.5, 0.6) is 0 Å². The Morgan fingerprint density at radius 3 is 1.98 bits per heavy atom. The number of amides is 3. The van der Waals surface area contributed by atoms with Gasteiger partial charge in [-0.2, -0.15) is 0 Å². The Morgan fingerprint density at radius 2 is 1.38 bits per heavy atom. The Morgan fingerprint density at radius 1 is 0.825 bits per heavy atom. The lowest BCUT2D eigenvalue weighted by atomic mass is 9.99. The Kier molecular flexibility index (Phi) is 12.1. The lowest BCUT2D eigenvalue weighted by molar-refractivity contribution is -0.143. The minimum atomic E-state index is -1.17. The topological polar surface area (TPSA) is 204 Å². The van der Waals surface area contributed by atoms with Crippen LogP contribution >= 0.6 is 0 Å². The van der Waals surface area contributed by atoms with Crippen molar-refractivity contribution in [3.8, 4) is 0 Å². The van der Waals surface area contributed by atoms with Crippen molar-refractivity contribution in [2.75, 3.05) is 0 Å². The predicted molar refractivity (Wildman–Crippen MR) is 149 cm³/mol. The average Bonchev–Trinajstić information content (AvgIpc) is 3.28. The highest BCUT2D eigenvalue weighted by atomic mass is 16.4. The molecule has 4 unspecified atom stereocenters. The molecule has 0 spiro atoms. The number of nitrogens with one attached hydrogen (secondary N) is 4. The highest BCUT2D eigenvalue weighted by Gasteiger charge is 2.31. The molecule has 0 fully saturated rings. The van der Waals surface area contributed by atoms with Crippen LogP contribution in [0.15, 0.2) is 30.5 Å². The first-order valence-electron chi connectivity index (χ1n) is 13.4. The zero-order valence-corrected chi connectivity index (χ0v) is 23.4. The molecule has 220 valence electrons. The van der Waals surface area contributed by atoms with Gasteiger partial charge in [-0.3, -0.25) is 19.2 Å². The highest BCUT2D eigenvalue weighted by molar-refractivity contribution is 5.95. The number of aliphatic carboxylic acids is 2. The number of nitrogens with two attached hydrogens (primary N) is 1. The van der Waals surface area contributed by atoms with Crippen molar-refractivity contribution in [3.63, 3.8) is 0 Å². The van der Waals surface area contributed by atoms with E-state index in [9.17, 15) is 29.1 Å². The summed E-state index contributed by atoms with van der Waals surface area (Å²) in [5, 5.41) is 27.2. The summed E-state index contributed by atoms with van der Waals surface area (Å²) in [6.45, 7) is 7.41. The summed E-state index contributed by atoms with van der Waals surface area (Å²) in [6.07, 6.45) is 1.81. The second kappa shape index (κ2) is 15.0. The standard InChI is InChI=1S/C28H41N5O7/c1-15(2)11-21(26(37)33-23(28(39)40)12-16(3)4)32-27(38)22(31-25(36)19(29)9-10-24(34)35)13-17-14-30-20-8-6-5-7-18(17)20/h5-8,14-16,19,21-23,30H,9-13,29H2,1-4H3,(H,31,36)(H,32,38)(H,33,37)(H,34,35)(H,39,40). The molecule has 0 radical (unpaired) electrons. The first kappa shape index (κ1) is 32.3. The van der Waals surface area contributed by atoms with Gasteiger partial charge in [0.1, 0.15) is 18.1 Å². The summed E-state index contributed by atoms with van der Waals surface area (Å²) in [5.74, 6) is -4.26. The van der Waals surface area contributed by atoms with Crippen molar-refractivity contribution in [1.29, 1.82) is 0 Å². The van der Waals surface area contributed by atoms with Crippen LogP contribution in [0.3, 0.4) is 0 Å². The van der Waals surface area contributed by atoms with E-state index in [2.05, 4.69) is 20.9 Å².